The average molecular weight is 570 g/mol. The van der Waals surface area contributed by atoms with E-state index in [1.807, 2.05) is 0 Å². The third-order valence-electron chi connectivity index (χ3n) is 5.14. The minimum absolute atomic E-state index is 0.103. The van der Waals surface area contributed by atoms with Crippen LogP contribution in [0.25, 0.3) is 0 Å². The van der Waals surface area contributed by atoms with Gasteiger partial charge >= 0.3 is 0 Å². The lowest BCUT2D eigenvalue weighted by atomic mass is 10.2. The van der Waals surface area contributed by atoms with Crippen molar-refractivity contribution in [1.82, 2.24) is 0 Å². The predicted molar refractivity (Wildman–Crippen MR) is 142 cm³/mol. The highest BCUT2D eigenvalue weighted by atomic mass is 32.2. The van der Waals surface area contributed by atoms with Gasteiger partial charge in [0.05, 0.1) is 22.0 Å². The van der Waals surface area contributed by atoms with E-state index in [0.717, 1.165) is 30.3 Å². The molecular formula is C24H19N5O8S2. The van der Waals surface area contributed by atoms with Gasteiger partial charge in [0.25, 0.3) is 20.2 Å². The third-order valence-corrected chi connectivity index (χ3v) is 6.90. The van der Waals surface area contributed by atoms with Crippen molar-refractivity contribution in [2.24, 2.45) is 10.2 Å². The summed E-state index contributed by atoms with van der Waals surface area (Å²) < 4.78 is 65.0. The zero-order chi connectivity index (χ0) is 28.2. The van der Waals surface area contributed by atoms with Gasteiger partial charge in [-0.1, -0.05) is 18.2 Å². The van der Waals surface area contributed by atoms with Crippen LogP contribution in [-0.4, -0.2) is 25.9 Å². The van der Waals surface area contributed by atoms with E-state index in [1.54, 1.807) is 30.3 Å². The fraction of sp³-hybridized carbons (Fsp3) is 0. The van der Waals surface area contributed by atoms with E-state index in [2.05, 4.69) is 26.4 Å². The van der Waals surface area contributed by atoms with Crippen LogP contribution >= 0.6 is 0 Å². The second-order valence-electron chi connectivity index (χ2n) is 7.88. The van der Waals surface area contributed by atoms with Crippen molar-refractivity contribution in [1.29, 1.82) is 0 Å². The van der Waals surface area contributed by atoms with E-state index in [9.17, 15) is 31.0 Å². The molecule has 0 saturated carbocycles. The number of nitrogens with one attached hydrogen (secondary N) is 3. The van der Waals surface area contributed by atoms with Gasteiger partial charge in [-0.25, -0.2) is 0 Å². The molecule has 0 aliphatic heterocycles. The van der Waals surface area contributed by atoms with Crippen molar-refractivity contribution in [3.05, 3.63) is 116 Å². The quantitative estimate of drug-likeness (QED) is 0.151. The Kier molecular flexibility index (Phi) is 7.68. The highest BCUT2D eigenvalue weighted by Crippen LogP contribution is 2.28. The first-order valence-electron chi connectivity index (χ1n) is 10.9. The lowest BCUT2D eigenvalue weighted by Gasteiger charge is -2.12. The van der Waals surface area contributed by atoms with Crippen LogP contribution in [0.15, 0.2) is 115 Å². The molecule has 4 rings (SSSR count). The molecule has 4 aromatic carbocycles. The minimum atomic E-state index is -4.64. The van der Waals surface area contributed by atoms with Gasteiger partial charge in [-0.3, -0.25) is 29.5 Å². The van der Waals surface area contributed by atoms with Gasteiger partial charge in [-0.15, -0.1) is 0 Å². The smallest absolute Gasteiger partial charge is 0.296 e. The van der Waals surface area contributed by atoms with Crippen molar-refractivity contribution in [2.45, 2.75) is 9.79 Å². The molecule has 13 nitrogen and oxygen atoms in total. The molecule has 15 heteroatoms. The first kappa shape index (κ1) is 27.3. The minimum Gasteiger partial charge on any atom is -0.354 e. The zero-order valence-corrected chi connectivity index (χ0v) is 21.3. The van der Waals surface area contributed by atoms with Crippen LogP contribution in [0.1, 0.15) is 0 Å². The third kappa shape index (κ3) is 6.79. The molecule has 0 aliphatic rings. The van der Waals surface area contributed by atoms with Gasteiger partial charge in [-0.05, 0) is 66.7 Å². The summed E-state index contributed by atoms with van der Waals surface area (Å²) in [6, 6.07) is 19.6. The standard InChI is InChI=1S/C24H19N5O8S2/c30-21-13-12-20(24(31)23(21)29-26-16-6-9-18(10-7-16)38(32,33)34)28-27-17-8-11-19(22(14-17)39(35,36)37)25-15-4-2-1-3-5-15/h1-14,25-27H,(H,32,33,34)(H,35,36,37)/b28-20+,29-23+. The summed E-state index contributed by atoms with van der Waals surface area (Å²) in [6.07, 6.45) is 0. The van der Waals surface area contributed by atoms with Gasteiger partial charge in [-0.2, -0.15) is 27.0 Å². The molecule has 4 aromatic rings. The maximum absolute atomic E-state index is 12.8. The summed E-state index contributed by atoms with van der Waals surface area (Å²) >= 11 is 0. The van der Waals surface area contributed by atoms with E-state index in [1.165, 1.54) is 24.3 Å². The normalized spacial score (nSPS) is 12.8. The Hall–Kier alpha value is -4.70. The average Bonchev–Trinajstić information content (AvgIpc) is 2.88. The van der Waals surface area contributed by atoms with Gasteiger partial charge in [0.2, 0.25) is 10.9 Å². The molecule has 0 unspecified atom stereocenters. The highest BCUT2D eigenvalue weighted by molar-refractivity contribution is 7.86. The second-order valence-corrected chi connectivity index (χ2v) is 10.7. The number of hydrogen-bond acceptors (Lipinski definition) is 11. The Morgan fingerprint density at radius 2 is 1.28 bits per heavy atom. The van der Waals surface area contributed by atoms with Crippen molar-refractivity contribution in [3.63, 3.8) is 0 Å². The van der Waals surface area contributed by atoms with E-state index < -0.39 is 41.3 Å². The van der Waals surface area contributed by atoms with Gasteiger partial charge in [0, 0.05) is 5.69 Å². The van der Waals surface area contributed by atoms with E-state index in [-0.39, 0.29) is 27.3 Å². The van der Waals surface area contributed by atoms with Crippen molar-refractivity contribution in [3.8, 4) is 0 Å². The number of rotatable bonds is 8. The summed E-state index contributed by atoms with van der Waals surface area (Å²) in [5.74, 6) is 0. The Morgan fingerprint density at radius 1 is 0.641 bits per heavy atom. The van der Waals surface area contributed by atoms with Crippen LogP contribution < -0.4 is 37.7 Å². The number of para-hydroxylation sites is 1. The molecule has 200 valence electrons. The molecule has 0 fully saturated rings. The maximum Gasteiger partial charge on any atom is 0.296 e. The topological polar surface area (TPSA) is 204 Å². The van der Waals surface area contributed by atoms with Gasteiger partial charge < -0.3 is 5.32 Å². The molecule has 0 atom stereocenters. The number of anilines is 4. The SMILES string of the molecule is O=c1cc/c(=N\Nc2ccc(Nc3ccccc3)c(S(=O)(=O)O)c2)c(=O)/c1=N/Nc1ccc(S(=O)(=O)O)cc1. The molecule has 0 radical (unpaired) electrons. The first-order chi connectivity index (χ1) is 18.4. The summed E-state index contributed by atoms with van der Waals surface area (Å²) in [4.78, 5) is 24.2. The molecule has 5 N–H and O–H groups in total. The molecule has 0 aromatic heterocycles. The summed E-state index contributed by atoms with van der Waals surface area (Å²) in [6.45, 7) is 0. The molecule has 0 aliphatic carbocycles. The van der Waals surface area contributed by atoms with Crippen LogP contribution in [0.5, 0.6) is 0 Å². The Labute approximate surface area is 221 Å². The molecule has 0 amide bonds. The fourth-order valence-corrected chi connectivity index (χ4v) is 4.42. The number of nitrogens with zero attached hydrogens (tertiary/aromatic N) is 2. The van der Waals surface area contributed by atoms with Crippen molar-refractivity contribution < 1.29 is 25.9 Å². The maximum atomic E-state index is 12.8. The summed E-state index contributed by atoms with van der Waals surface area (Å²) in [7, 11) is -9.03. The monoisotopic (exact) mass is 569 g/mol. The summed E-state index contributed by atoms with van der Waals surface area (Å²) in [5.41, 5.74) is 4.44. The highest BCUT2D eigenvalue weighted by Gasteiger charge is 2.17. The molecule has 39 heavy (non-hydrogen) atoms. The fourth-order valence-electron chi connectivity index (χ4n) is 3.27. The van der Waals surface area contributed by atoms with E-state index in [0.29, 0.717) is 5.69 Å². The van der Waals surface area contributed by atoms with Crippen molar-refractivity contribution >= 4 is 43.0 Å². The van der Waals surface area contributed by atoms with Gasteiger partial charge in [0.15, 0.2) is 5.36 Å². The summed E-state index contributed by atoms with van der Waals surface area (Å²) in [5, 5.41) is 9.87. The number of benzene rings is 4. The second kappa shape index (κ2) is 11.0. The van der Waals surface area contributed by atoms with Crippen LogP contribution in [-0.2, 0) is 20.2 Å². The van der Waals surface area contributed by atoms with E-state index >= 15 is 0 Å². The molecule has 0 heterocycles. The Bertz CT molecular complexity index is 1970. The number of hydrogen-bond donors (Lipinski definition) is 5. The lowest BCUT2D eigenvalue weighted by molar-refractivity contribution is 0.481. The molecule has 0 spiro atoms. The first-order valence-corrected chi connectivity index (χ1v) is 13.8. The van der Waals surface area contributed by atoms with Crippen LogP contribution in [0.2, 0.25) is 0 Å². The Balaban J connectivity index is 1.63. The van der Waals surface area contributed by atoms with Crippen molar-refractivity contribution in [2.75, 3.05) is 16.2 Å². The molecule has 0 saturated heterocycles. The molecular weight excluding hydrogens is 550 g/mol. The van der Waals surface area contributed by atoms with Gasteiger partial charge in [0.1, 0.15) is 10.3 Å². The van der Waals surface area contributed by atoms with E-state index in [4.69, 9.17) is 4.55 Å². The Morgan fingerprint density at radius 3 is 1.92 bits per heavy atom. The predicted octanol–water partition coefficient (Wildman–Crippen LogP) is 1.38. The van der Waals surface area contributed by atoms with Crippen LogP contribution in [0, 0.1) is 0 Å². The zero-order valence-electron chi connectivity index (χ0n) is 19.6. The van der Waals surface area contributed by atoms with Crippen LogP contribution in [0.3, 0.4) is 0 Å². The largest absolute Gasteiger partial charge is 0.354 e. The van der Waals surface area contributed by atoms with Crippen LogP contribution in [0.4, 0.5) is 22.7 Å². The lowest BCUT2D eigenvalue weighted by Crippen LogP contribution is -2.47. The molecule has 0 bridgehead atoms.